The number of rotatable bonds is 36. The quantitative estimate of drug-likeness (QED) is 0.0552. The van der Waals surface area contributed by atoms with Crippen molar-refractivity contribution in [2.75, 3.05) is 73.9 Å². The van der Waals surface area contributed by atoms with Crippen LogP contribution in [0.1, 0.15) is 237 Å². The van der Waals surface area contributed by atoms with Crippen LogP contribution in [-0.4, -0.2) is 73.9 Å². The Hall–Kier alpha value is 3.98. The van der Waals surface area contributed by atoms with Crippen LogP contribution in [0.15, 0.2) is 0 Å². The Balaban J connectivity index is -0.0000000187. The Morgan fingerprint density at radius 2 is 0.221 bits per heavy atom. The largest absolute Gasteiger partial charge is 2.00 e. The molecule has 0 saturated carbocycles. The van der Waals surface area contributed by atoms with Crippen LogP contribution in [0.5, 0.6) is 0 Å². The second kappa shape index (κ2) is 122. The summed E-state index contributed by atoms with van der Waals surface area (Å²) in [5.41, 5.74) is 0. The molecule has 29 heteroatoms. The smallest absolute Gasteiger partial charge is 0.0877 e. The van der Waals surface area contributed by atoms with Gasteiger partial charge in [-0.2, -0.15) is 0 Å². The van der Waals surface area contributed by atoms with Crippen molar-refractivity contribution < 1.29 is 219 Å². The summed E-state index contributed by atoms with van der Waals surface area (Å²) in [6.45, 7) is 26.2. The van der Waals surface area contributed by atoms with E-state index < -0.39 is 28.6 Å². The van der Waals surface area contributed by atoms with Gasteiger partial charge in [0.2, 0.25) is 0 Å². The van der Waals surface area contributed by atoms with Gasteiger partial charge >= 0.3 is 0 Å². The van der Waals surface area contributed by atoms with Crippen LogP contribution in [0.3, 0.4) is 0 Å². The maximum atomic E-state index is 12.5. The first-order valence-corrected chi connectivity index (χ1v) is 34.1. The third-order valence-corrected chi connectivity index (χ3v) is 24.6. The Labute approximate surface area is 553 Å². The number of hydrogen-bond acceptors (Lipinski definition) is 4. The van der Waals surface area contributed by atoms with Crippen molar-refractivity contribution in [3.05, 3.63) is 0 Å². The van der Waals surface area contributed by atoms with Crippen LogP contribution in [-0.2, 0) is 188 Å². The maximum Gasteiger partial charge on any atom is 0.0877 e. The zero-order valence-electron chi connectivity index (χ0n) is 49.4. The molecule has 0 bridgehead atoms. The zero-order chi connectivity index (χ0) is 43.5. The minimum Gasteiger partial charge on any atom is -2.00 e. The van der Waals surface area contributed by atoms with E-state index in [4.69, 9.17) is 0 Å². The summed E-state index contributed by atoms with van der Waals surface area (Å²) >= 11 is 0. The standard InChI is InChI=1S/4C12H27OP.16O.4Re.U/c4*1-4-7-10-14(13,11-8-5-2)12-9-6-3;;;;;;;;;;;;;;;;;;;;;/h4*4-12H2,1-3H3;;;;;;;;;;;;;;;;;;;;;/q;;;;16*-2;;;;;. The molecule has 0 N–H and O–H groups in total. The van der Waals surface area contributed by atoms with E-state index in [1.165, 1.54) is 77.0 Å². The molecule has 4 radical (unpaired) electrons. The summed E-state index contributed by atoms with van der Waals surface area (Å²) < 4.78 is 50.0. The second-order valence-electron chi connectivity index (χ2n) is 17.2. The van der Waals surface area contributed by atoms with Gasteiger partial charge in [-0.1, -0.05) is 160 Å². The molecule has 0 spiro atoms. The fourth-order valence-corrected chi connectivity index (χ4v) is 20.1. The van der Waals surface area contributed by atoms with E-state index in [9.17, 15) is 18.3 Å². The van der Waals surface area contributed by atoms with Crippen molar-refractivity contribution in [3.8, 4) is 0 Å². The Kier molecular flexibility index (Phi) is 262. The van der Waals surface area contributed by atoms with Gasteiger partial charge < -0.3 is 106 Å². The Bertz CT molecular complexity index is 772. The van der Waals surface area contributed by atoms with Crippen LogP contribution in [0.4, 0.5) is 0 Å². The molecular weight excluding hydrogens is 2000 g/mol. The van der Waals surface area contributed by atoms with Crippen LogP contribution >= 0.6 is 28.6 Å². The van der Waals surface area contributed by atoms with Crippen molar-refractivity contribution in [1.29, 1.82) is 0 Å². The van der Waals surface area contributed by atoms with E-state index in [2.05, 4.69) is 83.1 Å². The van der Waals surface area contributed by atoms with Gasteiger partial charge in [-0.3, -0.25) is 0 Å². The Morgan fingerprint density at radius 3 is 0.260 bits per heavy atom. The summed E-state index contributed by atoms with van der Waals surface area (Å²) in [6.07, 6.45) is 40.1. The number of unbranched alkanes of at least 4 members (excludes halogenated alkanes) is 12. The predicted octanol–water partition coefficient (Wildman–Crippen LogP) is 17.1. The Morgan fingerprint density at radius 1 is 0.169 bits per heavy atom. The minimum absolute atomic E-state index is 0. The summed E-state index contributed by atoms with van der Waals surface area (Å²) in [4.78, 5) is 0. The zero-order valence-corrected chi connectivity index (χ0v) is 68.0. The summed E-state index contributed by atoms with van der Waals surface area (Å²) in [5, 5.41) is 0. The van der Waals surface area contributed by atoms with Gasteiger partial charge in [0.05, 0.1) is 28.6 Å². The molecule has 0 atom stereocenters. The summed E-state index contributed by atoms with van der Waals surface area (Å²) in [6, 6.07) is 0. The molecule has 0 saturated heterocycles. The van der Waals surface area contributed by atoms with Gasteiger partial charge in [-0.25, -0.2) is 0 Å². The molecule has 0 aliphatic carbocycles. The first-order valence-electron chi connectivity index (χ1n) is 25.0. The van der Waals surface area contributed by atoms with E-state index in [1.807, 2.05) is 0 Å². The monoisotopic (exact) mass is 2110 g/mol. The van der Waals surface area contributed by atoms with E-state index in [0.29, 0.717) is 0 Å². The van der Waals surface area contributed by atoms with Crippen molar-refractivity contribution in [1.82, 2.24) is 0 Å². The van der Waals surface area contributed by atoms with Gasteiger partial charge in [0.25, 0.3) is 0 Å². The maximum absolute atomic E-state index is 12.5. The molecule has 0 aromatic heterocycles. The van der Waals surface area contributed by atoms with Gasteiger partial charge in [-0.05, 0) is 77.0 Å². The van der Waals surface area contributed by atoms with Crippen LogP contribution < -0.4 is 0 Å². The molecule has 0 fully saturated rings. The van der Waals surface area contributed by atoms with E-state index >= 15 is 0 Å². The molecule has 0 unspecified atom stereocenters. The SMILES string of the molecule is CCCCP(=O)(CCCC)CCCC.CCCCP(=O)(CCCC)CCCC.CCCCP(=O)(CCCC)CCCC.CCCCP(=O)(CCCC)CCCC.[O-2].[O-2].[O-2].[O-2].[O-2].[O-2].[O-2].[O-2].[O-2].[O-2].[O-2].[O-2].[O-2].[O-2].[O-2].[O-2].[Re].[Re].[Re].[Re].[U]. The molecule has 0 amide bonds. The van der Waals surface area contributed by atoms with Gasteiger partial charge in [0, 0.05) is 187 Å². The van der Waals surface area contributed by atoms with Crippen molar-refractivity contribution in [3.63, 3.8) is 0 Å². The third-order valence-electron chi connectivity index (χ3n) is 11.0. The minimum atomic E-state index is -1.77. The normalized spacial score (nSPS) is 8.68. The molecule has 77 heavy (non-hydrogen) atoms. The van der Waals surface area contributed by atoms with Crippen LogP contribution in [0.2, 0.25) is 0 Å². The molecule has 0 aliphatic heterocycles. The molecule has 504 valence electrons. The molecular formula is C48H108O20P4Re4U-32. The van der Waals surface area contributed by atoms with E-state index in [-0.39, 0.29) is 200 Å². The topological polar surface area (TPSA) is 524 Å². The molecule has 0 aromatic rings. The van der Waals surface area contributed by atoms with E-state index in [1.54, 1.807) is 0 Å². The predicted molar refractivity (Wildman–Crippen MR) is 279 cm³/mol. The second-order valence-corrected chi connectivity index (χ2v) is 31.0. The van der Waals surface area contributed by atoms with Gasteiger partial charge in [0.15, 0.2) is 0 Å². The summed E-state index contributed by atoms with van der Waals surface area (Å²) in [7, 11) is -7.08. The van der Waals surface area contributed by atoms with Crippen molar-refractivity contribution in [2.24, 2.45) is 0 Å². The van der Waals surface area contributed by atoms with Crippen LogP contribution in [0.25, 0.3) is 0 Å². The van der Waals surface area contributed by atoms with Gasteiger partial charge in [-0.15, -0.1) is 0 Å². The molecule has 0 rings (SSSR count). The van der Waals surface area contributed by atoms with Crippen molar-refractivity contribution in [2.45, 2.75) is 237 Å². The fourth-order valence-electron chi connectivity index (χ4n) is 6.70. The van der Waals surface area contributed by atoms with E-state index in [0.717, 1.165) is 151 Å². The average molecular weight is 2110 g/mol. The molecule has 0 heterocycles. The van der Waals surface area contributed by atoms with Gasteiger partial charge in [0.1, 0.15) is 0 Å². The van der Waals surface area contributed by atoms with Crippen LogP contribution in [0, 0.1) is 31.1 Å². The number of hydrogen-bond donors (Lipinski definition) is 0. The first-order chi connectivity index (χ1) is 26.7. The molecule has 20 nitrogen and oxygen atoms in total. The fraction of sp³-hybridized carbons (Fsp3) is 1.00. The third kappa shape index (κ3) is 119. The average Bonchev–Trinajstić information content (AvgIpc) is 3.21. The first kappa shape index (κ1) is 165. The molecule has 0 aromatic carbocycles. The van der Waals surface area contributed by atoms with Crippen molar-refractivity contribution >= 4 is 28.6 Å². The summed E-state index contributed by atoms with van der Waals surface area (Å²) in [5.74, 6) is 0. The molecule has 0 aliphatic rings.